The van der Waals surface area contributed by atoms with Gasteiger partial charge in [-0.15, -0.1) is 0 Å². The highest BCUT2D eigenvalue weighted by atomic mass is 19.1. The summed E-state index contributed by atoms with van der Waals surface area (Å²) in [6.45, 7) is 1.81. The van der Waals surface area contributed by atoms with Gasteiger partial charge >= 0.3 is 0 Å². The highest BCUT2D eigenvalue weighted by molar-refractivity contribution is 5.98. The molecule has 0 saturated carbocycles. The number of nitrogens with one attached hydrogen (secondary N) is 2. The molecule has 0 unspecified atom stereocenters. The van der Waals surface area contributed by atoms with Crippen molar-refractivity contribution in [1.29, 1.82) is 10.7 Å². The van der Waals surface area contributed by atoms with Crippen molar-refractivity contribution < 1.29 is 9.18 Å². The maximum atomic E-state index is 14.4. The monoisotopic (exact) mass is 336 g/mol. The lowest BCUT2D eigenvalue weighted by Gasteiger charge is -2.39. The topological polar surface area (TPSA) is 80.0 Å². The Morgan fingerprint density at radius 1 is 1.32 bits per heavy atom. The quantitative estimate of drug-likeness (QED) is 0.885. The summed E-state index contributed by atoms with van der Waals surface area (Å²) in [4.78, 5) is 13.4. The summed E-state index contributed by atoms with van der Waals surface area (Å²) < 4.78 is 14.4. The number of guanidine groups is 1. The number of nitriles is 1. The average molecular weight is 336 g/mol. The predicted molar refractivity (Wildman–Crippen MR) is 92.2 cm³/mol. The van der Waals surface area contributed by atoms with Crippen LogP contribution in [0.3, 0.4) is 0 Å². The standard InChI is InChI=1S/C19H17FN4O/c1-19(10-17(25)24(2)18(22)23-19)14-6-7-16(20)15(9-14)13-5-3-4-12(8-13)11-21/h3-9H,10H2,1-2H3,(H2,22,23)/t19-/m0/s1. The molecule has 1 atom stereocenters. The Hall–Kier alpha value is -3.20. The Morgan fingerprint density at radius 3 is 2.76 bits per heavy atom. The van der Waals surface area contributed by atoms with E-state index in [1.807, 2.05) is 13.0 Å². The van der Waals surface area contributed by atoms with Crippen LogP contribution in [-0.4, -0.2) is 23.8 Å². The van der Waals surface area contributed by atoms with Crippen molar-refractivity contribution in [2.75, 3.05) is 7.05 Å². The number of halogens is 1. The summed E-state index contributed by atoms with van der Waals surface area (Å²) in [5.74, 6) is -0.573. The molecule has 0 radical (unpaired) electrons. The molecular formula is C19H17FN4O. The minimum absolute atomic E-state index is 0.0103. The average Bonchev–Trinajstić information content (AvgIpc) is 2.60. The normalized spacial score (nSPS) is 20.2. The summed E-state index contributed by atoms with van der Waals surface area (Å²) in [7, 11) is 1.54. The molecule has 3 rings (SSSR count). The molecule has 5 nitrogen and oxygen atoms in total. The Labute approximate surface area is 145 Å². The third kappa shape index (κ3) is 2.96. The third-order valence-corrected chi connectivity index (χ3v) is 4.51. The van der Waals surface area contributed by atoms with Crippen molar-refractivity contribution in [3.63, 3.8) is 0 Å². The molecule has 0 aliphatic carbocycles. The molecule has 25 heavy (non-hydrogen) atoms. The van der Waals surface area contributed by atoms with Crippen LogP contribution in [0.5, 0.6) is 0 Å². The van der Waals surface area contributed by atoms with Crippen molar-refractivity contribution in [3.8, 4) is 17.2 Å². The van der Waals surface area contributed by atoms with E-state index < -0.39 is 11.4 Å². The van der Waals surface area contributed by atoms with Crippen LogP contribution in [0.25, 0.3) is 11.1 Å². The van der Waals surface area contributed by atoms with E-state index in [9.17, 15) is 9.18 Å². The minimum Gasteiger partial charge on any atom is -0.346 e. The summed E-state index contributed by atoms with van der Waals surface area (Å²) in [6.07, 6.45) is 0.162. The molecule has 1 aliphatic heterocycles. The largest absolute Gasteiger partial charge is 0.346 e. The van der Waals surface area contributed by atoms with E-state index in [2.05, 4.69) is 5.32 Å². The summed E-state index contributed by atoms with van der Waals surface area (Å²) in [5.41, 5.74) is 1.31. The minimum atomic E-state index is -0.796. The number of amides is 1. The molecule has 1 heterocycles. The highest BCUT2D eigenvalue weighted by Gasteiger charge is 2.38. The molecule has 6 heteroatoms. The second-order valence-corrected chi connectivity index (χ2v) is 6.32. The van der Waals surface area contributed by atoms with Gasteiger partial charge in [0, 0.05) is 12.6 Å². The van der Waals surface area contributed by atoms with E-state index in [1.54, 1.807) is 43.4 Å². The van der Waals surface area contributed by atoms with Crippen LogP contribution in [-0.2, 0) is 10.3 Å². The Kier molecular flexibility index (Phi) is 4.01. The first-order valence-electron chi connectivity index (χ1n) is 7.78. The van der Waals surface area contributed by atoms with Gasteiger partial charge in [0.05, 0.1) is 23.6 Å². The Bertz CT molecular complexity index is 898. The summed E-state index contributed by atoms with van der Waals surface area (Å²) >= 11 is 0. The van der Waals surface area contributed by atoms with Gasteiger partial charge in [-0.3, -0.25) is 15.1 Å². The molecule has 1 aliphatic rings. The number of rotatable bonds is 2. The van der Waals surface area contributed by atoms with Crippen molar-refractivity contribution >= 4 is 11.9 Å². The van der Waals surface area contributed by atoms with Crippen LogP contribution >= 0.6 is 0 Å². The molecule has 2 aromatic rings. The van der Waals surface area contributed by atoms with Crippen LogP contribution in [0.15, 0.2) is 42.5 Å². The molecule has 0 bridgehead atoms. The summed E-state index contributed by atoms with van der Waals surface area (Å²) in [5, 5.41) is 20.0. The number of carbonyl (C=O) groups is 1. The van der Waals surface area contributed by atoms with Gasteiger partial charge in [-0.05, 0) is 42.3 Å². The molecule has 0 spiro atoms. The van der Waals surface area contributed by atoms with E-state index in [4.69, 9.17) is 10.7 Å². The van der Waals surface area contributed by atoms with Crippen molar-refractivity contribution in [2.24, 2.45) is 0 Å². The maximum absolute atomic E-state index is 14.4. The molecule has 1 fully saturated rings. The molecule has 1 amide bonds. The predicted octanol–water partition coefficient (Wildman–Crippen LogP) is 2.97. The fraction of sp³-hybridized carbons (Fsp3) is 0.211. The smallest absolute Gasteiger partial charge is 0.231 e. The van der Waals surface area contributed by atoms with Crippen LogP contribution in [0, 0.1) is 22.6 Å². The second kappa shape index (κ2) is 6.02. The fourth-order valence-corrected chi connectivity index (χ4v) is 2.96. The number of hydrogen-bond donors (Lipinski definition) is 2. The SMILES string of the molecule is CN1C(=N)N[C@](C)(c2ccc(F)c(-c3cccc(C#N)c3)c2)CC1=O. The number of carbonyl (C=O) groups excluding carboxylic acids is 1. The highest BCUT2D eigenvalue weighted by Crippen LogP contribution is 2.33. The first-order valence-corrected chi connectivity index (χ1v) is 7.78. The fourth-order valence-electron chi connectivity index (χ4n) is 2.96. The molecule has 126 valence electrons. The first-order chi connectivity index (χ1) is 11.8. The van der Waals surface area contributed by atoms with Gasteiger partial charge < -0.3 is 5.32 Å². The zero-order valence-corrected chi connectivity index (χ0v) is 13.9. The first kappa shape index (κ1) is 16.7. The molecular weight excluding hydrogens is 319 g/mol. The van der Waals surface area contributed by atoms with Gasteiger partial charge in [-0.2, -0.15) is 5.26 Å². The van der Waals surface area contributed by atoms with Crippen LogP contribution < -0.4 is 5.32 Å². The Balaban J connectivity index is 2.06. The van der Waals surface area contributed by atoms with Crippen molar-refractivity contribution in [3.05, 3.63) is 59.4 Å². The zero-order valence-electron chi connectivity index (χ0n) is 13.9. The van der Waals surface area contributed by atoms with Gasteiger partial charge in [0.2, 0.25) is 5.91 Å². The number of nitrogens with zero attached hydrogens (tertiary/aromatic N) is 2. The van der Waals surface area contributed by atoms with E-state index in [1.165, 1.54) is 11.0 Å². The van der Waals surface area contributed by atoms with Gasteiger partial charge in [0.15, 0.2) is 5.96 Å². The lowest BCUT2D eigenvalue weighted by atomic mass is 9.85. The van der Waals surface area contributed by atoms with E-state index in [0.717, 1.165) is 0 Å². The maximum Gasteiger partial charge on any atom is 0.231 e. The zero-order chi connectivity index (χ0) is 18.2. The van der Waals surface area contributed by atoms with Crippen molar-refractivity contribution in [2.45, 2.75) is 18.9 Å². The number of hydrogen-bond acceptors (Lipinski definition) is 3. The molecule has 2 N–H and O–H groups in total. The van der Waals surface area contributed by atoms with E-state index >= 15 is 0 Å². The lowest BCUT2D eigenvalue weighted by Crippen LogP contribution is -2.58. The van der Waals surface area contributed by atoms with Crippen LogP contribution in [0.2, 0.25) is 0 Å². The van der Waals surface area contributed by atoms with E-state index in [-0.39, 0.29) is 18.3 Å². The van der Waals surface area contributed by atoms with E-state index in [0.29, 0.717) is 22.3 Å². The van der Waals surface area contributed by atoms with Gasteiger partial charge in [0.1, 0.15) is 5.82 Å². The van der Waals surface area contributed by atoms with Gasteiger partial charge in [0.25, 0.3) is 0 Å². The second-order valence-electron chi connectivity index (χ2n) is 6.32. The summed E-state index contributed by atoms with van der Waals surface area (Å²) in [6, 6.07) is 13.4. The van der Waals surface area contributed by atoms with Crippen LogP contribution in [0.1, 0.15) is 24.5 Å². The molecule has 2 aromatic carbocycles. The van der Waals surface area contributed by atoms with Gasteiger partial charge in [-0.25, -0.2) is 4.39 Å². The van der Waals surface area contributed by atoms with Crippen LogP contribution in [0.4, 0.5) is 4.39 Å². The van der Waals surface area contributed by atoms with Gasteiger partial charge in [-0.1, -0.05) is 18.2 Å². The third-order valence-electron chi connectivity index (χ3n) is 4.51. The molecule has 1 saturated heterocycles. The number of benzene rings is 2. The Morgan fingerprint density at radius 2 is 2.08 bits per heavy atom. The van der Waals surface area contributed by atoms with Crippen molar-refractivity contribution in [1.82, 2.24) is 10.2 Å². The lowest BCUT2D eigenvalue weighted by molar-refractivity contribution is -0.129. The molecule has 0 aromatic heterocycles.